The summed E-state index contributed by atoms with van der Waals surface area (Å²) in [6, 6.07) is 1.98. The molecule has 1 fully saturated rings. The molecule has 2 aromatic rings. The van der Waals surface area contributed by atoms with E-state index < -0.39 is 0 Å². The van der Waals surface area contributed by atoms with Crippen molar-refractivity contribution in [1.82, 2.24) is 19.9 Å². The monoisotopic (exact) mass is 231 g/mol. The van der Waals surface area contributed by atoms with Gasteiger partial charge in [-0.1, -0.05) is 0 Å². The first-order chi connectivity index (χ1) is 8.43. The van der Waals surface area contributed by atoms with Crippen molar-refractivity contribution in [3.63, 3.8) is 0 Å². The lowest BCUT2D eigenvalue weighted by Crippen LogP contribution is -2.33. The molecule has 1 aliphatic heterocycles. The topological polar surface area (TPSA) is 54.2 Å². The van der Waals surface area contributed by atoms with Gasteiger partial charge in [0.15, 0.2) is 5.82 Å². The van der Waals surface area contributed by atoms with Crippen LogP contribution in [0.4, 0.5) is 5.82 Å². The fourth-order valence-corrected chi connectivity index (χ4v) is 2.33. The first-order valence-electron chi connectivity index (χ1n) is 6.16. The van der Waals surface area contributed by atoms with Crippen LogP contribution in [0, 0.1) is 5.92 Å². The molecule has 0 aliphatic carbocycles. The van der Waals surface area contributed by atoms with Gasteiger partial charge in [0.2, 0.25) is 0 Å². The summed E-state index contributed by atoms with van der Waals surface area (Å²) in [6.45, 7) is 3.24. The number of hydrogen-bond donors (Lipinski definition) is 2. The predicted octanol–water partition coefficient (Wildman–Crippen LogP) is 1.14. The quantitative estimate of drug-likeness (QED) is 0.831. The standard InChI is InChI=1S/C12H17N5/c1-2-10(8-13-4-1)9-15-12-11-3-5-16-17(11)7-6-14-12/h3,5-7,10,13H,1-2,4,8-9H2,(H,14,15). The van der Waals surface area contributed by atoms with Crippen molar-refractivity contribution < 1.29 is 0 Å². The second kappa shape index (κ2) is 4.71. The molecular formula is C12H17N5. The van der Waals surface area contributed by atoms with Crippen LogP contribution in [-0.2, 0) is 0 Å². The fraction of sp³-hybridized carbons (Fsp3) is 0.500. The van der Waals surface area contributed by atoms with E-state index in [9.17, 15) is 0 Å². The Morgan fingerprint density at radius 1 is 1.47 bits per heavy atom. The van der Waals surface area contributed by atoms with Gasteiger partial charge in [0.05, 0.1) is 6.20 Å². The van der Waals surface area contributed by atoms with E-state index >= 15 is 0 Å². The summed E-state index contributed by atoms with van der Waals surface area (Å²) in [6.07, 6.45) is 8.01. The fourth-order valence-electron chi connectivity index (χ4n) is 2.33. The molecule has 3 heterocycles. The van der Waals surface area contributed by atoms with Gasteiger partial charge in [-0.25, -0.2) is 9.50 Å². The lowest BCUT2D eigenvalue weighted by Gasteiger charge is -2.23. The molecule has 90 valence electrons. The Hall–Kier alpha value is -1.62. The minimum atomic E-state index is 0.703. The molecule has 1 saturated heterocycles. The summed E-state index contributed by atoms with van der Waals surface area (Å²) in [5.41, 5.74) is 1.04. The SMILES string of the molecule is c1cn2nccc2c(NCC2CCCNC2)n1. The van der Waals surface area contributed by atoms with E-state index in [4.69, 9.17) is 0 Å². The van der Waals surface area contributed by atoms with E-state index in [1.165, 1.54) is 12.8 Å². The largest absolute Gasteiger partial charge is 0.368 e. The molecule has 3 rings (SSSR count). The number of anilines is 1. The average molecular weight is 231 g/mol. The highest BCUT2D eigenvalue weighted by Gasteiger charge is 2.13. The smallest absolute Gasteiger partial charge is 0.152 e. The minimum absolute atomic E-state index is 0.703. The Morgan fingerprint density at radius 3 is 3.35 bits per heavy atom. The predicted molar refractivity (Wildman–Crippen MR) is 67.1 cm³/mol. The van der Waals surface area contributed by atoms with Gasteiger partial charge in [-0.15, -0.1) is 0 Å². The maximum Gasteiger partial charge on any atom is 0.152 e. The van der Waals surface area contributed by atoms with Crippen molar-refractivity contribution >= 4 is 11.3 Å². The zero-order valence-corrected chi connectivity index (χ0v) is 9.76. The normalized spacial score (nSPS) is 20.6. The van der Waals surface area contributed by atoms with Crippen LogP contribution in [0.25, 0.3) is 5.52 Å². The molecular weight excluding hydrogens is 214 g/mol. The third-order valence-electron chi connectivity index (χ3n) is 3.28. The number of fused-ring (bicyclic) bond motifs is 1. The zero-order valence-electron chi connectivity index (χ0n) is 9.76. The molecule has 1 atom stereocenters. The maximum absolute atomic E-state index is 4.37. The van der Waals surface area contributed by atoms with Crippen LogP contribution in [0.1, 0.15) is 12.8 Å². The Labute approximate surface area is 100 Å². The van der Waals surface area contributed by atoms with Gasteiger partial charge in [-0.3, -0.25) is 0 Å². The highest BCUT2D eigenvalue weighted by atomic mass is 15.2. The highest BCUT2D eigenvalue weighted by Crippen LogP contribution is 2.15. The summed E-state index contributed by atoms with van der Waals surface area (Å²) in [7, 11) is 0. The Morgan fingerprint density at radius 2 is 2.47 bits per heavy atom. The Kier molecular flexibility index (Phi) is 2.92. The van der Waals surface area contributed by atoms with Crippen LogP contribution >= 0.6 is 0 Å². The van der Waals surface area contributed by atoms with Crippen LogP contribution in [0.5, 0.6) is 0 Å². The Bertz CT molecular complexity index is 486. The van der Waals surface area contributed by atoms with Crippen LogP contribution in [0.2, 0.25) is 0 Å². The average Bonchev–Trinajstić information content (AvgIpc) is 2.86. The Balaban J connectivity index is 1.69. The van der Waals surface area contributed by atoms with Gasteiger partial charge in [0.25, 0.3) is 0 Å². The molecule has 5 heteroatoms. The number of rotatable bonds is 3. The molecule has 0 spiro atoms. The van der Waals surface area contributed by atoms with Gasteiger partial charge in [0, 0.05) is 18.9 Å². The molecule has 0 amide bonds. The van der Waals surface area contributed by atoms with Gasteiger partial charge >= 0.3 is 0 Å². The van der Waals surface area contributed by atoms with E-state index in [2.05, 4.69) is 20.7 Å². The molecule has 5 nitrogen and oxygen atoms in total. The molecule has 0 radical (unpaired) electrons. The summed E-state index contributed by atoms with van der Waals surface area (Å²) >= 11 is 0. The summed E-state index contributed by atoms with van der Waals surface area (Å²) in [5, 5.41) is 11.1. The lowest BCUT2D eigenvalue weighted by molar-refractivity contribution is 0.392. The van der Waals surface area contributed by atoms with Crippen molar-refractivity contribution in [1.29, 1.82) is 0 Å². The van der Waals surface area contributed by atoms with Crippen molar-refractivity contribution in [3.05, 3.63) is 24.7 Å². The van der Waals surface area contributed by atoms with E-state index in [1.807, 2.05) is 16.8 Å². The molecule has 0 saturated carbocycles. The number of aromatic nitrogens is 3. The third-order valence-corrected chi connectivity index (χ3v) is 3.28. The number of hydrogen-bond acceptors (Lipinski definition) is 4. The van der Waals surface area contributed by atoms with Crippen molar-refractivity contribution in [2.24, 2.45) is 5.92 Å². The van der Waals surface area contributed by atoms with Gasteiger partial charge in [-0.05, 0) is 37.9 Å². The van der Waals surface area contributed by atoms with E-state index in [-0.39, 0.29) is 0 Å². The van der Waals surface area contributed by atoms with E-state index in [0.717, 1.165) is 31.0 Å². The number of piperidine rings is 1. The first kappa shape index (κ1) is 10.5. The molecule has 0 aromatic carbocycles. The second-order valence-corrected chi connectivity index (χ2v) is 4.53. The molecule has 2 N–H and O–H groups in total. The summed E-state index contributed by atoms with van der Waals surface area (Å²) in [5.74, 6) is 1.63. The van der Waals surface area contributed by atoms with Gasteiger partial charge in [0.1, 0.15) is 5.52 Å². The molecule has 1 unspecified atom stereocenters. The van der Waals surface area contributed by atoms with Gasteiger partial charge < -0.3 is 10.6 Å². The van der Waals surface area contributed by atoms with Crippen molar-refractivity contribution in [2.75, 3.05) is 25.0 Å². The molecule has 17 heavy (non-hydrogen) atoms. The van der Waals surface area contributed by atoms with E-state index in [1.54, 1.807) is 12.4 Å². The second-order valence-electron chi connectivity index (χ2n) is 4.53. The number of nitrogens with one attached hydrogen (secondary N) is 2. The van der Waals surface area contributed by atoms with Crippen LogP contribution in [-0.4, -0.2) is 34.2 Å². The highest BCUT2D eigenvalue weighted by molar-refractivity contribution is 5.66. The third kappa shape index (κ3) is 2.24. The zero-order chi connectivity index (χ0) is 11.5. The van der Waals surface area contributed by atoms with Crippen molar-refractivity contribution in [3.8, 4) is 0 Å². The van der Waals surface area contributed by atoms with Gasteiger partial charge in [-0.2, -0.15) is 5.10 Å². The summed E-state index contributed by atoms with van der Waals surface area (Å²) in [4.78, 5) is 4.37. The van der Waals surface area contributed by atoms with E-state index in [0.29, 0.717) is 5.92 Å². The van der Waals surface area contributed by atoms with Crippen molar-refractivity contribution in [2.45, 2.75) is 12.8 Å². The van der Waals surface area contributed by atoms with Crippen LogP contribution < -0.4 is 10.6 Å². The molecule has 0 bridgehead atoms. The number of nitrogens with zero attached hydrogens (tertiary/aromatic N) is 3. The lowest BCUT2D eigenvalue weighted by atomic mass is 10.00. The minimum Gasteiger partial charge on any atom is -0.368 e. The van der Waals surface area contributed by atoms with Crippen LogP contribution in [0.15, 0.2) is 24.7 Å². The summed E-state index contributed by atoms with van der Waals surface area (Å²) < 4.78 is 1.84. The molecule has 2 aromatic heterocycles. The first-order valence-corrected chi connectivity index (χ1v) is 6.16. The van der Waals surface area contributed by atoms with Crippen LogP contribution in [0.3, 0.4) is 0 Å². The maximum atomic E-state index is 4.37. The molecule has 1 aliphatic rings.